The summed E-state index contributed by atoms with van der Waals surface area (Å²) in [7, 11) is 2.95. The molecule has 1 fully saturated rings. The van der Waals surface area contributed by atoms with Gasteiger partial charge in [0.15, 0.2) is 0 Å². The molecule has 0 aromatic heterocycles. The molecule has 1 amide bonds. The number of aliphatic hydroxyl groups excluding tert-OH is 1. The van der Waals surface area contributed by atoms with Gasteiger partial charge in [0.2, 0.25) is 0 Å². The molecular formula is C31H34N2O5. The Balaban J connectivity index is 1.98. The molecular weight excluding hydrogens is 480 g/mol. The van der Waals surface area contributed by atoms with E-state index in [9.17, 15) is 14.7 Å². The second-order valence-corrected chi connectivity index (χ2v) is 9.24. The lowest BCUT2D eigenvalue weighted by Gasteiger charge is -2.27. The Morgan fingerprint density at radius 2 is 1.50 bits per heavy atom. The highest BCUT2D eigenvalue weighted by molar-refractivity contribution is 6.51. The third-order valence-corrected chi connectivity index (χ3v) is 7.22. The average Bonchev–Trinajstić information content (AvgIpc) is 3.20. The molecule has 1 aliphatic rings. The highest BCUT2D eigenvalue weighted by Gasteiger charge is 2.47. The minimum absolute atomic E-state index is 0.0217. The SMILES string of the molecule is CCN(CC)c1ccc(C2/C(=C(\O)c3c(OC)cccc3OC)C(=O)C(=O)N2c2ccc(C)c(C)c2)cc1. The number of aryl methyl sites for hydroxylation is 2. The number of Topliss-reactive ketones (excluding diaryl/α,β-unsaturated/α-hetero) is 1. The van der Waals surface area contributed by atoms with Crippen LogP contribution in [0.25, 0.3) is 5.76 Å². The molecule has 1 saturated heterocycles. The van der Waals surface area contributed by atoms with Crippen LogP contribution in [-0.4, -0.2) is 44.1 Å². The summed E-state index contributed by atoms with van der Waals surface area (Å²) in [6, 6.07) is 17.6. The lowest BCUT2D eigenvalue weighted by atomic mass is 9.94. The Labute approximate surface area is 223 Å². The number of aliphatic hydroxyl groups is 1. The summed E-state index contributed by atoms with van der Waals surface area (Å²) in [5.41, 5.74) is 4.59. The maximum atomic E-state index is 13.6. The molecule has 0 saturated carbocycles. The first kappa shape index (κ1) is 26.8. The Bertz CT molecular complexity index is 1370. The van der Waals surface area contributed by atoms with Gasteiger partial charge in [0.1, 0.15) is 22.8 Å². The molecule has 1 atom stereocenters. The van der Waals surface area contributed by atoms with Crippen molar-refractivity contribution in [1.29, 1.82) is 0 Å². The van der Waals surface area contributed by atoms with E-state index >= 15 is 0 Å². The molecule has 7 nitrogen and oxygen atoms in total. The first-order valence-corrected chi connectivity index (χ1v) is 12.7. The number of carbonyl (C=O) groups is 2. The average molecular weight is 515 g/mol. The zero-order valence-electron chi connectivity index (χ0n) is 22.7. The topological polar surface area (TPSA) is 79.3 Å². The first-order chi connectivity index (χ1) is 18.3. The zero-order chi connectivity index (χ0) is 27.6. The molecule has 4 rings (SSSR count). The normalized spacial score (nSPS) is 16.6. The Morgan fingerprint density at radius 1 is 0.895 bits per heavy atom. The van der Waals surface area contributed by atoms with Gasteiger partial charge in [-0.2, -0.15) is 0 Å². The maximum absolute atomic E-state index is 13.6. The summed E-state index contributed by atoms with van der Waals surface area (Å²) in [6.45, 7) is 9.84. The predicted octanol–water partition coefficient (Wildman–Crippen LogP) is 5.79. The van der Waals surface area contributed by atoms with Crippen LogP contribution in [0, 0.1) is 13.8 Å². The molecule has 1 unspecified atom stereocenters. The monoisotopic (exact) mass is 514 g/mol. The van der Waals surface area contributed by atoms with Crippen molar-refractivity contribution in [2.24, 2.45) is 0 Å². The fourth-order valence-corrected chi connectivity index (χ4v) is 4.97. The molecule has 0 bridgehead atoms. The lowest BCUT2D eigenvalue weighted by Crippen LogP contribution is -2.29. The van der Waals surface area contributed by atoms with E-state index in [1.807, 2.05) is 56.3 Å². The molecule has 3 aromatic carbocycles. The highest BCUT2D eigenvalue weighted by Crippen LogP contribution is 2.45. The van der Waals surface area contributed by atoms with Crippen LogP contribution < -0.4 is 19.3 Å². The van der Waals surface area contributed by atoms with E-state index in [0.717, 1.165) is 29.9 Å². The molecule has 3 aromatic rings. The molecule has 38 heavy (non-hydrogen) atoms. The van der Waals surface area contributed by atoms with Gasteiger partial charge in [-0.15, -0.1) is 0 Å². The summed E-state index contributed by atoms with van der Waals surface area (Å²) in [5.74, 6) is -1.17. The molecule has 1 heterocycles. The van der Waals surface area contributed by atoms with E-state index in [1.165, 1.54) is 19.1 Å². The van der Waals surface area contributed by atoms with Crippen LogP contribution >= 0.6 is 0 Å². The minimum Gasteiger partial charge on any atom is -0.506 e. The van der Waals surface area contributed by atoms with Crippen LogP contribution in [0.1, 0.15) is 42.1 Å². The third-order valence-electron chi connectivity index (χ3n) is 7.22. The molecule has 7 heteroatoms. The molecule has 0 radical (unpaired) electrons. The predicted molar refractivity (Wildman–Crippen MR) is 150 cm³/mol. The third kappa shape index (κ3) is 4.60. The van der Waals surface area contributed by atoms with E-state index in [-0.39, 0.29) is 16.9 Å². The van der Waals surface area contributed by atoms with Gasteiger partial charge in [-0.25, -0.2) is 0 Å². The van der Waals surface area contributed by atoms with E-state index in [4.69, 9.17) is 9.47 Å². The fourth-order valence-electron chi connectivity index (χ4n) is 4.97. The van der Waals surface area contributed by atoms with Crippen LogP contribution in [0.3, 0.4) is 0 Å². The number of carbonyl (C=O) groups excluding carboxylic acids is 2. The second kappa shape index (κ2) is 11.0. The summed E-state index contributed by atoms with van der Waals surface area (Å²) in [6.07, 6.45) is 0. The molecule has 0 spiro atoms. The molecule has 0 aliphatic carbocycles. The van der Waals surface area contributed by atoms with Crippen molar-refractivity contribution in [2.45, 2.75) is 33.7 Å². The molecule has 1 aliphatic heterocycles. The number of hydrogen-bond donors (Lipinski definition) is 1. The molecule has 198 valence electrons. The van der Waals surface area contributed by atoms with Gasteiger partial charge in [0.25, 0.3) is 11.7 Å². The number of ketones is 1. The zero-order valence-corrected chi connectivity index (χ0v) is 22.7. The summed E-state index contributed by atoms with van der Waals surface area (Å²) >= 11 is 0. The van der Waals surface area contributed by atoms with Gasteiger partial charge in [-0.1, -0.05) is 24.3 Å². The second-order valence-electron chi connectivity index (χ2n) is 9.24. The standard InChI is InChI=1S/C31H34N2O5/c1-7-32(8-2)22-16-13-21(14-17-22)28-27(29(34)26-24(37-5)10-9-11-25(26)38-6)30(35)31(36)33(28)23-15-12-19(3)20(4)18-23/h9-18,28,34H,7-8H2,1-6H3/b29-27+. The number of anilines is 2. The van der Waals surface area contributed by atoms with E-state index in [1.54, 1.807) is 18.2 Å². The van der Waals surface area contributed by atoms with Gasteiger partial charge in [-0.05, 0) is 80.8 Å². The number of amides is 1. The quantitative estimate of drug-likeness (QED) is 0.233. The number of nitrogens with zero attached hydrogens (tertiary/aromatic N) is 2. The van der Waals surface area contributed by atoms with Crippen LogP contribution in [-0.2, 0) is 9.59 Å². The highest BCUT2D eigenvalue weighted by atomic mass is 16.5. The van der Waals surface area contributed by atoms with Crippen LogP contribution in [0.5, 0.6) is 11.5 Å². The summed E-state index contributed by atoms with van der Waals surface area (Å²) < 4.78 is 11.0. The van der Waals surface area contributed by atoms with Crippen molar-refractivity contribution < 1.29 is 24.2 Å². The van der Waals surface area contributed by atoms with Crippen molar-refractivity contribution in [2.75, 3.05) is 37.1 Å². The Hall–Kier alpha value is -4.26. The van der Waals surface area contributed by atoms with E-state index < -0.39 is 17.7 Å². The van der Waals surface area contributed by atoms with Crippen molar-refractivity contribution >= 4 is 28.8 Å². The smallest absolute Gasteiger partial charge is 0.300 e. The fraction of sp³-hybridized carbons (Fsp3) is 0.290. The first-order valence-electron chi connectivity index (χ1n) is 12.7. The van der Waals surface area contributed by atoms with Gasteiger partial charge in [0.05, 0.1) is 25.8 Å². The Kier molecular flexibility index (Phi) is 7.76. The van der Waals surface area contributed by atoms with Gasteiger partial charge in [0, 0.05) is 24.5 Å². The molecule has 1 N–H and O–H groups in total. The van der Waals surface area contributed by atoms with Gasteiger partial charge in [-0.3, -0.25) is 14.5 Å². The van der Waals surface area contributed by atoms with E-state index in [0.29, 0.717) is 22.7 Å². The number of rotatable bonds is 8. The minimum atomic E-state index is -0.850. The van der Waals surface area contributed by atoms with Crippen molar-refractivity contribution in [3.05, 3.63) is 88.5 Å². The van der Waals surface area contributed by atoms with Crippen molar-refractivity contribution in [3.63, 3.8) is 0 Å². The number of hydrogen-bond acceptors (Lipinski definition) is 6. The number of benzene rings is 3. The maximum Gasteiger partial charge on any atom is 0.300 e. The Morgan fingerprint density at radius 3 is 2.03 bits per heavy atom. The van der Waals surface area contributed by atoms with Crippen molar-refractivity contribution in [1.82, 2.24) is 0 Å². The van der Waals surface area contributed by atoms with Gasteiger partial charge >= 0.3 is 0 Å². The number of ether oxygens (including phenoxy) is 2. The van der Waals surface area contributed by atoms with E-state index in [2.05, 4.69) is 18.7 Å². The van der Waals surface area contributed by atoms with Crippen LogP contribution in [0.15, 0.2) is 66.2 Å². The van der Waals surface area contributed by atoms with Crippen LogP contribution in [0.2, 0.25) is 0 Å². The lowest BCUT2D eigenvalue weighted by molar-refractivity contribution is -0.132. The van der Waals surface area contributed by atoms with Crippen molar-refractivity contribution in [3.8, 4) is 11.5 Å². The number of methoxy groups -OCH3 is 2. The summed E-state index contributed by atoms with van der Waals surface area (Å²) in [5, 5.41) is 11.7. The largest absolute Gasteiger partial charge is 0.506 e. The summed E-state index contributed by atoms with van der Waals surface area (Å²) in [4.78, 5) is 30.9. The van der Waals surface area contributed by atoms with Gasteiger partial charge < -0.3 is 19.5 Å². The van der Waals surface area contributed by atoms with Crippen LogP contribution in [0.4, 0.5) is 11.4 Å².